The van der Waals surface area contributed by atoms with Gasteiger partial charge in [0, 0.05) is 6.54 Å². The van der Waals surface area contributed by atoms with Gasteiger partial charge in [0.25, 0.3) is 0 Å². The quantitative estimate of drug-likeness (QED) is 0.653. The third-order valence-corrected chi connectivity index (χ3v) is 3.31. The molecule has 2 amide bonds. The lowest BCUT2D eigenvalue weighted by Gasteiger charge is -2.21. The van der Waals surface area contributed by atoms with Gasteiger partial charge in [-0.1, -0.05) is 51.4 Å². The summed E-state index contributed by atoms with van der Waals surface area (Å²) in [5.41, 5.74) is 4.97. The van der Waals surface area contributed by atoms with E-state index in [1.807, 2.05) is 0 Å². The first-order chi connectivity index (χ1) is 7.29. The highest BCUT2D eigenvalue weighted by Crippen LogP contribution is 2.27. The summed E-state index contributed by atoms with van der Waals surface area (Å²) < 4.78 is 0. The second kappa shape index (κ2) is 7.55. The molecule has 0 aliphatic heterocycles. The number of carbonyl (C=O) groups is 1. The molecule has 3 nitrogen and oxygen atoms in total. The molecule has 1 aliphatic rings. The van der Waals surface area contributed by atoms with E-state index in [1.54, 1.807) is 0 Å². The normalized spacial score (nSPS) is 17.6. The van der Waals surface area contributed by atoms with Crippen molar-refractivity contribution in [3.8, 4) is 0 Å². The summed E-state index contributed by atoms with van der Waals surface area (Å²) >= 11 is 0. The monoisotopic (exact) mass is 212 g/mol. The van der Waals surface area contributed by atoms with Crippen LogP contribution in [0.5, 0.6) is 0 Å². The second-order valence-corrected chi connectivity index (χ2v) is 4.64. The van der Waals surface area contributed by atoms with Crippen molar-refractivity contribution in [3.05, 3.63) is 0 Å². The summed E-state index contributed by atoms with van der Waals surface area (Å²) in [4.78, 5) is 10.4. The molecular formula is C12H24N2O. The van der Waals surface area contributed by atoms with Crippen LogP contribution in [0.3, 0.4) is 0 Å². The number of rotatable bonds is 6. The molecule has 1 fully saturated rings. The van der Waals surface area contributed by atoms with E-state index in [2.05, 4.69) is 5.32 Å². The Bertz CT molecular complexity index is 176. The van der Waals surface area contributed by atoms with Crippen molar-refractivity contribution in [3.63, 3.8) is 0 Å². The zero-order chi connectivity index (χ0) is 10.9. The summed E-state index contributed by atoms with van der Waals surface area (Å²) in [5.74, 6) is 0.989. The SMILES string of the molecule is NC(=O)NCCCCCC1CCCCC1. The molecule has 0 radical (unpaired) electrons. The van der Waals surface area contributed by atoms with Crippen LogP contribution in [0.25, 0.3) is 0 Å². The van der Waals surface area contributed by atoms with Gasteiger partial charge in [-0.3, -0.25) is 0 Å². The van der Waals surface area contributed by atoms with Crippen molar-refractivity contribution in [1.82, 2.24) is 5.32 Å². The third-order valence-electron chi connectivity index (χ3n) is 3.31. The molecule has 0 unspecified atom stereocenters. The van der Waals surface area contributed by atoms with Gasteiger partial charge >= 0.3 is 6.03 Å². The molecule has 1 aliphatic carbocycles. The molecule has 0 heterocycles. The molecule has 1 rings (SSSR count). The van der Waals surface area contributed by atoms with Crippen molar-refractivity contribution in [1.29, 1.82) is 0 Å². The number of hydrogen-bond acceptors (Lipinski definition) is 1. The summed E-state index contributed by atoms with van der Waals surface area (Å²) in [7, 11) is 0. The molecule has 3 N–H and O–H groups in total. The second-order valence-electron chi connectivity index (χ2n) is 4.64. The first kappa shape index (κ1) is 12.3. The van der Waals surface area contributed by atoms with E-state index in [0.717, 1.165) is 18.9 Å². The number of urea groups is 1. The van der Waals surface area contributed by atoms with Crippen molar-refractivity contribution >= 4 is 6.03 Å². The Hall–Kier alpha value is -0.730. The lowest BCUT2D eigenvalue weighted by atomic mass is 9.86. The minimum atomic E-state index is -0.401. The zero-order valence-electron chi connectivity index (χ0n) is 9.63. The first-order valence-electron chi connectivity index (χ1n) is 6.32. The summed E-state index contributed by atoms with van der Waals surface area (Å²) in [6.45, 7) is 0.736. The summed E-state index contributed by atoms with van der Waals surface area (Å²) in [5, 5.41) is 2.62. The predicted octanol–water partition coefficient (Wildman–Crippen LogP) is 2.80. The lowest BCUT2D eigenvalue weighted by molar-refractivity contribution is 0.248. The van der Waals surface area contributed by atoms with Gasteiger partial charge in [0.2, 0.25) is 0 Å². The molecule has 0 bridgehead atoms. The third kappa shape index (κ3) is 6.37. The Morgan fingerprint density at radius 3 is 2.53 bits per heavy atom. The highest BCUT2D eigenvalue weighted by Gasteiger charge is 2.12. The fraction of sp³-hybridized carbons (Fsp3) is 0.917. The van der Waals surface area contributed by atoms with Crippen LogP contribution in [-0.4, -0.2) is 12.6 Å². The van der Waals surface area contributed by atoms with E-state index in [4.69, 9.17) is 5.73 Å². The van der Waals surface area contributed by atoms with E-state index >= 15 is 0 Å². The smallest absolute Gasteiger partial charge is 0.312 e. The van der Waals surface area contributed by atoms with Crippen LogP contribution in [0, 0.1) is 5.92 Å². The highest BCUT2D eigenvalue weighted by atomic mass is 16.2. The van der Waals surface area contributed by atoms with Gasteiger partial charge in [-0.25, -0.2) is 4.79 Å². The molecule has 0 atom stereocenters. The largest absolute Gasteiger partial charge is 0.352 e. The van der Waals surface area contributed by atoms with Gasteiger partial charge in [-0.05, 0) is 12.3 Å². The van der Waals surface area contributed by atoms with Crippen molar-refractivity contribution in [2.45, 2.75) is 57.8 Å². The summed E-state index contributed by atoms with van der Waals surface area (Å²) in [6, 6.07) is -0.401. The fourth-order valence-corrected chi connectivity index (χ4v) is 2.42. The minimum Gasteiger partial charge on any atom is -0.352 e. The molecule has 0 aromatic rings. The number of primary amides is 1. The number of hydrogen-bond donors (Lipinski definition) is 2. The Kier molecular flexibility index (Phi) is 6.21. The van der Waals surface area contributed by atoms with E-state index in [1.165, 1.54) is 51.4 Å². The number of unbranched alkanes of at least 4 members (excludes halogenated alkanes) is 2. The van der Waals surface area contributed by atoms with Crippen LogP contribution in [-0.2, 0) is 0 Å². The van der Waals surface area contributed by atoms with Crippen LogP contribution < -0.4 is 11.1 Å². The summed E-state index contributed by atoms with van der Waals surface area (Å²) in [6.07, 6.45) is 12.2. The van der Waals surface area contributed by atoms with Crippen LogP contribution in [0.1, 0.15) is 57.8 Å². The number of carbonyl (C=O) groups excluding carboxylic acids is 1. The highest BCUT2D eigenvalue weighted by molar-refractivity contribution is 5.71. The topological polar surface area (TPSA) is 55.1 Å². The van der Waals surface area contributed by atoms with Gasteiger partial charge in [-0.2, -0.15) is 0 Å². The zero-order valence-corrected chi connectivity index (χ0v) is 9.63. The molecule has 0 aromatic carbocycles. The van der Waals surface area contributed by atoms with Crippen LogP contribution in [0.4, 0.5) is 4.79 Å². The number of nitrogens with two attached hydrogens (primary N) is 1. The van der Waals surface area contributed by atoms with E-state index < -0.39 is 6.03 Å². The molecule has 88 valence electrons. The van der Waals surface area contributed by atoms with Gasteiger partial charge in [-0.15, -0.1) is 0 Å². The van der Waals surface area contributed by atoms with Gasteiger partial charge < -0.3 is 11.1 Å². The Labute approximate surface area is 92.8 Å². The van der Waals surface area contributed by atoms with Gasteiger partial charge in [0.1, 0.15) is 0 Å². The average Bonchev–Trinajstić information content (AvgIpc) is 2.24. The maximum atomic E-state index is 10.4. The van der Waals surface area contributed by atoms with Crippen LogP contribution in [0.15, 0.2) is 0 Å². The molecule has 0 spiro atoms. The van der Waals surface area contributed by atoms with Gasteiger partial charge in [0.15, 0.2) is 0 Å². The Balaban J connectivity index is 1.85. The van der Waals surface area contributed by atoms with Gasteiger partial charge in [0.05, 0.1) is 0 Å². The Morgan fingerprint density at radius 1 is 1.13 bits per heavy atom. The average molecular weight is 212 g/mol. The molecule has 1 saturated carbocycles. The van der Waals surface area contributed by atoms with E-state index in [-0.39, 0.29) is 0 Å². The van der Waals surface area contributed by atoms with Crippen molar-refractivity contribution in [2.75, 3.05) is 6.54 Å². The molecule has 15 heavy (non-hydrogen) atoms. The van der Waals surface area contributed by atoms with E-state index in [0.29, 0.717) is 0 Å². The maximum Gasteiger partial charge on any atom is 0.312 e. The van der Waals surface area contributed by atoms with E-state index in [9.17, 15) is 4.79 Å². The fourth-order valence-electron chi connectivity index (χ4n) is 2.42. The number of amides is 2. The molecular weight excluding hydrogens is 188 g/mol. The minimum absolute atomic E-state index is 0.401. The molecule has 0 saturated heterocycles. The molecule has 3 heteroatoms. The number of nitrogens with one attached hydrogen (secondary N) is 1. The first-order valence-corrected chi connectivity index (χ1v) is 6.32. The van der Waals surface area contributed by atoms with Crippen molar-refractivity contribution in [2.24, 2.45) is 11.7 Å². The van der Waals surface area contributed by atoms with Crippen LogP contribution >= 0.6 is 0 Å². The predicted molar refractivity (Wildman–Crippen MR) is 62.6 cm³/mol. The maximum absolute atomic E-state index is 10.4. The van der Waals surface area contributed by atoms with Crippen molar-refractivity contribution < 1.29 is 4.79 Å². The lowest BCUT2D eigenvalue weighted by Crippen LogP contribution is -2.29. The Morgan fingerprint density at radius 2 is 1.87 bits per heavy atom. The standard InChI is InChI=1S/C12H24N2O/c13-12(15)14-10-6-2-5-9-11-7-3-1-4-8-11/h11H,1-10H2,(H3,13,14,15). The van der Waals surface area contributed by atoms with Crippen LogP contribution in [0.2, 0.25) is 0 Å². The molecule has 0 aromatic heterocycles.